The third kappa shape index (κ3) is 8.86. The summed E-state index contributed by atoms with van der Waals surface area (Å²) in [6, 6.07) is 15.6. The summed E-state index contributed by atoms with van der Waals surface area (Å²) in [4.78, 5) is 40.2. The molecule has 0 spiro atoms. The molecular formula is C35H47N5O6. The zero-order valence-corrected chi connectivity index (χ0v) is 27.9. The van der Waals surface area contributed by atoms with Crippen LogP contribution in [-0.4, -0.2) is 78.3 Å². The molecule has 0 radical (unpaired) electrons. The van der Waals surface area contributed by atoms with E-state index in [2.05, 4.69) is 15.6 Å². The molecule has 1 aliphatic heterocycles. The maximum atomic E-state index is 13.8. The molecule has 2 aromatic carbocycles. The van der Waals surface area contributed by atoms with Gasteiger partial charge in [-0.05, 0) is 38.8 Å². The number of para-hydroxylation sites is 1. The zero-order valence-electron chi connectivity index (χ0n) is 27.9. The average Bonchev–Trinajstić information content (AvgIpc) is 3.43. The Bertz CT molecular complexity index is 1510. The Morgan fingerprint density at radius 3 is 2.37 bits per heavy atom. The average molecular weight is 634 g/mol. The van der Waals surface area contributed by atoms with E-state index in [9.17, 15) is 14.4 Å². The number of methoxy groups -OCH3 is 1. The quantitative estimate of drug-likeness (QED) is 0.223. The van der Waals surface area contributed by atoms with Crippen molar-refractivity contribution in [3.05, 3.63) is 54.1 Å². The second-order valence-corrected chi connectivity index (χ2v) is 12.8. The van der Waals surface area contributed by atoms with E-state index in [0.29, 0.717) is 51.6 Å². The van der Waals surface area contributed by atoms with Crippen LogP contribution in [0.25, 0.3) is 22.5 Å². The van der Waals surface area contributed by atoms with Gasteiger partial charge in [0.15, 0.2) is 0 Å². The van der Waals surface area contributed by atoms with E-state index < -0.39 is 11.0 Å². The first kappa shape index (κ1) is 34.9. The van der Waals surface area contributed by atoms with Gasteiger partial charge >= 0.3 is 0 Å². The third-order valence-electron chi connectivity index (χ3n) is 8.42. The molecule has 11 nitrogen and oxygen atoms in total. The van der Waals surface area contributed by atoms with E-state index in [1.807, 2.05) is 80.9 Å². The molecule has 0 saturated heterocycles. The fourth-order valence-electron chi connectivity index (χ4n) is 5.15. The van der Waals surface area contributed by atoms with Gasteiger partial charge in [0.05, 0.1) is 49.9 Å². The van der Waals surface area contributed by atoms with Crippen molar-refractivity contribution in [1.82, 2.24) is 20.3 Å². The van der Waals surface area contributed by atoms with Crippen molar-refractivity contribution in [2.24, 2.45) is 5.41 Å². The van der Waals surface area contributed by atoms with Gasteiger partial charge in [0, 0.05) is 49.6 Å². The lowest BCUT2D eigenvalue weighted by Gasteiger charge is -2.29. The Morgan fingerprint density at radius 1 is 0.913 bits per heavy atom. The number of nitrogens with one attached hydrogen (secondary N) is 1. The molecule has 248 valence electrons. The van der Waals surface area contributed by atoms with Crippen LogP contribution in [0.1, 0.15) is 59.4 Å². The van der Waals surface area contributed by atoms with Crippen molar-refractivity contribution in [2.45, 2.75) is 72.6 Å². The molecule has 0 atom stereocenters. The van der Waals surface area contributed by atoms with Crippen molar-refractivity contribution < 1.29 is 28.6 Å². The number of fused-ring (bicyclic) bond motifs is 5. The molecule has 0 aliphatic carbocycles. The van der Waals surface area contributed by atoms with E-state index in [-0.39, 0.29) is 37.0 Å². The number of Topliss-reactive ketones (excluding diaryl/α,β-unsaturated/α-hetero) is 1. The number of aromatic nitrogens is 3. The Hall–Kier alpha value is -3.93. The number of anilines is 1. The summed E-state index contributed by atoms with van der Waals surface area (Å²) in [5.74, 6) is -0.279. The molecule has 4 rings (SSSR count). The SMILES string of the molecule is COCCOCCn1nnc2c1-c1ccccc1CN(C(=O)CCC(=O)NCC(C)(C)OCCC(C)(C)C(C)=O)c1ccccc1-2. The van der Waals surface area contributed by atoms with Gasteiger partial charge in [0.2, 0.25) is 11.8 Å². The number of rotatable bonds is 16. The maximum absolute atomic E-state index is 13.8. The second-order valence-electron chi connectivity index (χ2n) is 12.8. The lowest BCUT2D eigenvalue weighted by Crippen LogP contribution is -2.41. The first-order chi connectivity index (χ1) is 21.9. The number of nitrogens with zero attached hydrogens (tertiary/aromatic N) is 4. The van der Waals surface area contributed by atoms with Gasteiger partial charge in [0.25, 0.3) is 0 Å². The molecule has 2 amide bonds. The highest BCUT2D eigenvalue weighted by Gasteiger charge is 2.30. The van der Waals surface area contributed by atoms with E-state index >= 15 is 0 Å². The Balaban J connectivity index is 1.45. The van der Waals surface area contributed by atoms with Gasteiger partial charge in [-0.3, -0.25) is 14.4 Å². The van der Waals surface area contributed by atoms with Crippen LogP contribution < -0.4 is 10.2 Å². The molecule has 0 saturated carbocycles. The number of ether oxygens (including phenoxy) is 3. The minimum absolute atomic E-state index is 0.0365. The number of ketones is 1. The number of benzene rings is 2. The standard InChI is InChI=1S/C35H47N5O6/c1-25(41)34(2,3)17-19-46-35(4,5)24-36-30(42)15-16-31(43)39-23-26-11-7-8-12-27(26)33-32(28-13-9-10-14-29(28)39)37-38-40(33)18-20-45-22-21-44-6/h7-14H,15-24H2,1-6H3,(H,36,42). The summed E-state index contributed by atoms with van der Waals surface area (Å²) in [5, 5.41) is 12.0. The molecule has 1 aromatic heterocycles. The fraction of sp³-hybridized carbons (Fsp3) is 0.514. The molecule has 11 heteroatoms. The minimum Gasteiger partial charge on any atom is -0.382 e. The predicted molar refractivity (Wildman–Crippen MR) is 176 cm³/mol. The fourth-order valence-corrected chi connectivity index (χ4v) is 5.15. The molecule has 0 fully saturated rings. The van der Waals surface area contributed by atoms with Crippen LogP contribution in [0.4, 0.5) is 5.69 Å². The van der Waals surface area contributed by atoms with Crippen LogP contribution in [0.3, 0.4) is 0 Å². The zero-order chi connectivity index (χ0) is 33.3. The molecule has 0 unspecified atom stereocenters. The molecule has 46 heavy (non-hydrogen) atoms. The summed E-state index contributed by atoms with van der Waals surface area (Å²) < 4.78 is 18.6. The Kier molecular flexibility index (Phi) is 11.8. The van der Waals surface area contributed by atoms with Crippen molar-refractivity contribution in [1.29, 1.82) is 0 Å². The van der Waals surface area contributed by atoms with Crippen molar-refractivity contribution >= 4 is 23.3 Å². The van der Waals surface area contributed by atoms with Gasteiger partial charge < -0.3 is 24.4 Å². The van der Waals surface area contributed by atoms with Gasteiger partial charge in [-0.25, -0.2) is 4.68 Å². The Labute approximate surface area is 271 Å². The third-order valence-corrected chi connectivity index (χ3v) is 8.42. The van der Waals surface area contributed by atoms with Crippen LogP contribution in [-0.2, 0) is 41.7 Å². The van der Waals surface area contributed by atoms with Crippen molar-refractivity contribution in [3.8, 4) is 22.5 Å². The van der Waals surface area contributed by atoms with Crippen LogP contribution in [0, 0.1) is 5.41 Å². The topological polar surface area (TPSA) is 125 Å². The van der Waals surface area contributed by atoms with Gasteiger partial charge in [0.1, 0.15) is 11.5 Å². The Morgan fingerprint density at radius 2 is 1.63 bits per heavy atom. The van der Waals surface area contributed by atoms with Crippen LogP contribution >= 0.6 is 0 Å². The number of hydrogen-bond acceptors (Lipinski definition) is 8. The molecule has 1 N–H and O–H groups in total. The van der Waals surface area contributed by atoms with Gasteiger partial charge in [-0.1, -0.05) is 61.5 Å². The summed E-state index contributed by atoms with van der Waals surface area (Å²) in [6.45, 7) is 12.2. The van der Waals surface area contributed by atoms with E-state index in [4.69, 9.17) is 14.2 Å². The van der Waals surface area contributed by atoms with Gasteiger partial charge in [-0.2, -0.15) is 0 Å². The highest BCUT2D eigenvalue weighted by molar-refractivity contribution is 6.01. The normalized spacial score (nSPS) is 12.9. The molecular weight excluding hydrogens is 586 g/mol. The van der Waals surface area contributed by atoms with Crippen molar-refractivity contribution in [3.63, 3.8) is 0 Å². The highest BCUT2D eigenvalue weighted by Crippen LogP contribution is 2.41. The monoisotopic (exact) mass is 633 g/mol. The van der Waals surface area contributed by atoms with E-state index in [0.717, 1.165) is 28.1 Å². The lowest BCUT2D eigenvalue weighted by molar-refractivity contribution is -0.127. The lowest BCUT2D eigenvalue weighted by atomic mass is 9.86. The second kappa shape index (κ2) is 15.6. The van der Waals surface area contributed by atoms with E-state index in [1.165, 1.54) is 0 Å². The smallest absolute Gasteiger partial charge is 0.227 e. The minimum atomic E-state index is -0.622. The molecule has 0 bridgehead atoms. The largest absolute Gasteiger partial charge is 0.382 e. The first-order valence-electron chi connectivity index (χ1n) is 15.8. The molecule has 2 heterocycles. The predicted octanol–water partition coefficient (Wildman–Crippen LogP) is 4.82. The van der Waals surface area contributed by atoms with Gasteiger partial charge in [-0.15, -0.1) is 5.10 Å². The van der Waals surface area contributed by atoms with Crippen LogP contribution in [0.2, 0.25) is 0 Å². The van der Waals surface area contributed by atoms with Crippen LogP contribution in [0.5, 0.6) is 0 Å². The highest BCUT2D eigenvalue weighted by atomic mass is 16.5. The summed E-state index contributed by atoms with van der Waals surface area (Å²) in [5.41, 5.74) is 3.89. The molecule has 1 aliphatic rings. The first-order valence-corrected chi connectivity index (χ1v) is 15.8. The number of hydrogen-bond donors (Lipinski definition) is 1. The summed E-state index contributed by atoms with van der Waals surface area (Å²) in [7, 11) is 1.64. The number of carbonyl (C=O) groups excluding carboxylic acids is 3. The number of amides is 2. The number of carbonyl (C=O) groups is 3. The maximum Gasteiger partial charge on any atom is 0.227 e. The summed E-state index contributed by atoms with van der Waals surface area (Å²) >= 11 is 0. The van der Waals surface area contributed by atoms with E-state index in [1.54, 1.807) is 18.9 Å². The van der Waals surface area contributed by atoms with Crippen molar-refractivity contribution in [2.75, 3.05) is 45.0 Å². The van der Waals surface area contributed by atoms with Crippen LogP contribution in [0.15, 0.2) is 48.5 Å². The summed E-state index contributed by atoms with van der Waals surface area (Å²) in [6.07, 6.45) is 0.668. The molecule has 3 aromatic rings.